The molecular weight excluding hydrogens is 222 g/mol. The van der Waals surface area contributed by atoms with Crippen molar-refractivity contribution in [2.75, 3.05) is 6.61 Å². The third-order valence-electron chi connectivity index (χ3n) is 3.60. The fraction of sp³-hybridized carbons (Fsp3) is 0.833. The van der Waals surface area contributed by atoms with E-state index in [0.717, 1.165) is 25.7 Å². The summed E-state index contributed by atoms with van der Waals surface area (Å²) in [6.07, 6.45) is 4.47. The number of carboxylic acid groups (broad SMARTS) is 1. The minimum Gasteiger partial charge on any atom is -0.481 e. The number of carbonyl (C=O) groups excluding carboxylic acids is 1. The first-order valence-corrected chi connectivity index (χ1v) is 6.31. The molecule has 0 aromatic heterocycles. The summed E-state index contributed by atoms with van der Waals surface area (Å²) in [5.41, 5.74) is 0. The van der Waals surface area contributed by atoms with E-state index < -0.39 is 5.97 Å². The summed E-state index contributed by atoms with van der Waals surface area (Å²) < 4.78 is 5.40. The molecule has 0 radical (unpaired) electrons. The molecule has 5 nitrogen and oxygen atoms in total. The summed E-state index contributed by atoms with van der Waals surface area (Å²) in [4.78, 5) is 22.6. The van der Waals surface area contributed by atoms with Crippen molar-refractivity contribution in [2.24, 2.45) is 5.92 Å². The molecule has 96 valence electrons. The van der Waals surface area contributed by atoms with E-state index in [1.54, 1.807) is 0 Å². The second-order valence-corrected chi connectivity index (χ2v) is 4.91. The van der Waals surface area contributed by atoms with Gasteiger partial charge in [0.2, 0.25) is 5.91 Å². The first-order chi connectivity index (χ1) is 8.16. The zero-order chi connectivity index (χ0) is 12.3. The Morgan fingerprint density at radius 2 is 2.00 bits per heavy atom. The van der Waals surface area contributed by atoms with Crippen molar-refractivity contribution < 1.29 is 19.4 Å². The minimum atomic E-state index is -0.754. The molecule has 1 aliphatic carbocycles. The highest BCUT2D eigenvalue weighted by Crippen LogP contribution is 2.26. The van der Waals surface area contributed by atoms with Gasteiger partial charge < -0.3 is 15.2 Å². The number of amides is 1. The van der Waals surface area contributed by atoms with Gasteiger partial charge in [0.15, 0.2) is 0 Å². The van der Waals surface area contributed by atoms with Crippen LogP contribution in [0.15, 0.2) is 0 Å². The van der Waals surface area contributed by atoms with Crippen LogP contribution in [0.4, 0.5) is 0 Å². The van der Waals surface area contributed by atoms with Crippen LogP contribution in [0, 0.1) is 5.92 Å². The van der Waals surface area contributed by atoms with E-state index >= 15 is 0 Å². The maximum Gasteiger partial charge on any atom is 0.306 e. The van der Waals surface area contributed by atoms with Crippen molar-refractivity contribution in [3.8, 4) is 0 Å². The Morgan fingerprint density at radius 3 is 2.59 bits per heavy atom. The highest BCUT2D eigenvalue weighted by atomic mass is 16.5. The van der Waals surface area contributed by atoms with Gasteiger partial charge >= 0.3 is 5.97 Å². The molecule has 0 aromatic rings. The summed E-state index contributed by atoms with van der Waals surface area (Å²) in [5.74, 6) is -1.12. The zero-order valence-electron chi connectivity index (χ0n) is 9.85. The molecule has 1 heterocycles. The highest BCUT2D eigenvalue weighted by Gasteiger charge is 2.32. The maximum atomic E-state index is 11.8. The van der Waals surface area contributed by atoms with E-state index in [-0.39, 0.29) is 24.0 Å². The first-order valence-electron chi connectivity index (χ1n) is 6.31. The zero-order valence-corrected chi connectivity index (χ0v) is 9.85. The quantitative estimate of drug-likeness (QED) is 0.770. The Hall–Kier alpha value is -1.10. The Bertz CT molecular complexity index is 299. The fourth-order valence-corrected chi connectivity index (χ4v) is 2.58. The minimum absolute atomic E-state index is 0.00845. The van der Waals surface area contributed by atoms with Crippen molar-refractivity contribution in [3.63, 3.8) is 0 Å². The molecule has 1 saturated heterocycles. The third-order valence-corrected chi connectivity index (χ3v) is 3.60. The molecule has 0 aromatic carbocycles. The highest BCUT2D eigenvalue weighted by molar-refractivity contribution is 5.81. The van der Waals surface area contributed by atoms with Crippen LogP contribution < -0.4 is 5.32 Å². The number of carboxylic acids is 1. The van der Waals surface area contributed by atoms with E-state index in [1.165, 1.54) is 0 Å². The van der Waals surface area contributed by atoms with Crippen LogP contribution in [0.1, 0.15) is 38.5 Å². The second kappa shape index (κ2) is 5.49. The van der Waals surface area contributed by atoms with Gasteiger partial charge in [-0.3, -0.25) is 9.59 Å². The Balaban J connectivity index is 1.77. The normalized spacial score (nSPS) is 33.3. The van der Waals surface area contributed by atoms with Gasteiger partial charge in [-0.2, -0.15) is 0 Å². The fourth-order valence-electron chi connectivity index (χ4n) is 2.58. The average molecular weight is 241 g/mol. The number of hydrogen-bond acceptors (Lipinski definition) is 3. The lowest BCUT2D eigenvalue weighted by Crippen LogP contribution is -2.42. The monoisotopic (exact) mass is 241 g/mol. The molecule has 3 atom stereocenters. The van der Waals surface area contributed by atoms with Gasteiger partial charge in [-0.05, 0) is 38.5 Å². The first kappa shape index (κ1) is 12.4. The van der Waals surface area contributed by atoms with Crippen LogP contribution >= 0.6 is 0 Å². The molecule has 2 aliphatic rings. The molecule has 1 unspecified atom stereocenters. The Morgan fingerprint density at radius 1 is 1.18 bits per heavy atom. The van der Waals surface area contributed by atoms with Crippen LogP contribution in [-0.2, 0) is 14.3 Å². The van der Waals surface area contributed by atoms with Gasteiger partial charge in [-0.1, -0.05) is 0 Å². The predicted octanol–water partition coefficient (Wildman–Crippen LogP) is 0.925. The molecule has 1 aliphatic heterocycles. The summed E-state index contributed by atoms with van der Waals surface area (Å²) in [7, 11) is 0. The van der Waals surface area contributed by atoms with Crippen LogP contribution in [0.25, 0.3) is 0 Å². The largest absolute Gasteiger partial charge is 0.481 e. The van der Waals surface area contributed by atoms with Crippen LogP contribution in [0.5, 0.6) is 0 Å². The lowest BCUT2D eigenvalue weighted by molar-refractivity contribution is -0.142. The van der Waals surface area contributed by atoms with Gasteiger partial charge in [-0.25, -0.2) is 0 Å². The van der Waals surface area contributed by atoms with Gasteiger partial charge in [0.1, 0.15) is 6.10 Å². The van der Waals surface area contributed by atoms with Gasteiger partial charge in [0, 0.05) is 12.6 Å². The summed E-state index contributed by atoms with van der Waals surface area (Å²) in [5, 5.41) is 11.8. The lowest BCUT2D eigenvalue weighted by atomic mass is 10.1. The van der Waals surface area contributed by atoms with Crippen molar-refractivity contribution in [1.82, 2.24) is 5.32 Å². The van der Waals surface area contributed by atoms with Gasteiger partial charge in [0.05, 0.1) is 5.92 Å². The molecule has 1 saturated carbocycles. The molecule has 0 bridgehead atoms. The predicted molar refractivity (Wildman–Crippen MR) is 60.5 cm³/mol. The summed E-state index contributed by atoms with van der Waals surface area (Å²) >= 11 is 0. The third kappa shape index (κ3) is 3.19. The van der Waals surface area contributed by atoms with E-state index in [0.29, 0.717) is 19.4 Å². The molecule has 2 fully saturated rings. The number of aliphatic carboxylic acids is 1. The molecule has 2 rings (SSSR count). The molecule has 0 spiro atoms. The van der Waals surface area contributed by atoms with Crippen molar-refractivity contribution in [1.29, 1.82) is 0 Å². The SMILES string of the molecule is O=C(N[C@@H]1CC[C@H](C(=O)O)C1)C1CCCCO1. The molecule has 5 heteroatoms. The number of nitrogens with one attached hydrogen (secondary N) is 1. The van der Waals surface area contributed by atoms with Crippen LogP contribution in [-0.4, -0.2) is 35.7 Å². The topological polar surface area (TPSA) is 75.6 Å². The van der Waals surface area contributed by atoms with Crippen LogP contribution in [0.3, 0.4) is 0 Å². The summed E-state index contributed by atoms with van der Waals surface area (Å²) in [6.45, 7) is 0.653. The van der Waals surface area contributed by atoms with Crippen molar-refractivity contribution >= 4 is 11.9 Å². The van der Waals surface area contributed by atoms with E-state index in [4.69, 9.17) is 9.84 Å². The van der Waals surface area contributed by atoms with E-state index in [1.807, 2.05) is 0 Å². The Labute approximate surface area is 101 Å². The number of carbonyl (C=O) groups is 2. The smallest absolute Gasteiger partial charge is 0.306 e. The average Bonchev–Trinajstić information content (AvgIpc) is 2.79. The Kier molecular flexibility index (Phi) is 3.99. The summed E-state index contributed by atoms with van der Waals surface area (Å²) in [6, 6.07) is 0.00845. The van der Waals surface area contributed by atoms with Gasteiger partial charge in [0.25, 0.3) is 0 Å². The van der Waals surface area contributed by atoms with E-state index in [2.05, 4.69) is 5.32 Å². The lowest BCUT2D eigenvalue weighted by Gasteiger charge is -2.23. The van der Waals surface area contributed by atoms with Crippen LogP contribution in [0.2, 0.25) is 0 Å². The number of rotatable bonds is 3. The standard InChI is InChI=1S/C12H19NO4/c14-11(10-3-1-2-6-17-10)13-9-5-4-8(7-9)12(15)16/h8-10H,1-7H2,(H,13,14)(H,15,16)/t8-,9+,10?/m0/s1. The van der Waals surface area contributed by atoms with Gasteiger partial charge in [-0.15, -0.1) is 0 Å². The molecule has 1 amide bonds. The van der Waals surface area contributed by atoms with E-state index in [9.17, 15) is 9.59 Å². The molecular formula is C12H19NO4. The van der Waals surface area contributed by atoms with Crippen molar-refractivity contribution in [2.45, 2.75) is 50.7 Å². The van der Waals surface area contributed by atoms with Crippen molar-refractivity contribution in [3.05, 3.63) is 0 Å². The maximum absolute atomic E-state index is 11.8. The molecule has 2 N–H and O–H groups in total. The second-order valence-electron chi connectivity index (χ2n) is 4.91. The number of hydrogen-bond donors (Lipinski definition) is 2. The number of ether oxygens (including phenoxy) is 1. The molecule has 17 heavy (non-hydrogen) atoms.